The van der Waals surface area contributed by atoms with E-state index in [1.807, 2.05) is 30.3 Å². The summed E-state index contributed by atoms with van der Waals surface area (Å²) in [6, 6.07) is 21.7. The summed E-state index contributed by atoms with van der Waals surface area (Å²) >= 11 is 12.1. The van der Waals surface area contributed by atoms with Crippen molar-refractivity contribution in [1.29, 1.82) is 0 Å². The quantitative estimate of drug-likeness (QED) is 0.383. The van der Waals surface area contributed by atoms with Gasteiger partial charge >= 0.3 is 0 Å². The number of hydrogen-bond donors (Lipinski definition) is 1. The first-order valence-corrected chi connectivity index (χ1v) is 12.7. The van der Waals surface area contributed by atoms with E-state index in [0.717, 1.165) is 16.3 Å². The van der Waals surface area contributed by atoms with Crippen molar-refractivity contribution in [2.75, 3.05) is 10.8 Å². The molecular weight excluding hydrogens is 479 g/mol. The second-order valence-electron chi connectivity index (χ2n) is 8.11. The van der Waals surface area contributed by atoms with Crippen molar-refractivity contribution in [3.8, 4) is 0 Å². The van der Waals surface area contributed by atoms with Gasteiger partial charge in [0.15, 0.2) is 0 Å². The first kappa shape index (κ1) is 25.1. The van der Waals surface area contributed by atoms with Crippen LogP contribution in [-0.4, -0.2) is 20.9 Å². The third-order valence-corrected chi connectivity index (χ3v) is 7.30. The number of benzene rings is 3. The molecule has 1 amide bonds. The van der Waals surface area contributed by atoms with Crippen LogP contribution in [0.25, 0.3) is 0 Å². The summed E-state index contributed by atoms with van der Waals surface area (Å²) in [5.41, 5.74) is 1.27. The Bertz CT molecular complexity index is 1180. The molecule has 8 heteroatoms. The second kappa shape index (κ2) is 11.1. The van der Waals surface area contributed by atoms with Gasteiger partial charge in [-0.25, -0.2) is 8.42 Å². The number of nitrogens with zero attached hydrogens (tertiary/aromatic N) is 1. The SMILES string of the molecule is CC(C)C[C@H](NC(=O)CN(c1cccc(Cl)c1)S(=O)(=O)c1ccc(Cl)cc1)c1ccccc1. The summed E-state index contributed by atoms with van der Waals surface area (Å²) < 4.78 is 28.0. The highest BCUT2D eigenvalue weighted by atomic mass is 35.5. The number of anilines is 1. The first-order valence-electron chi connectivity index (χ1n) is 10.5. The Hall–Kier alpha value is -2.54. The number of nitrogens with one attached hydrogen (secondary N) is 1. The van der Waals surface area contributed by atoms with Gasteiger partial charge in [0, 0.05) is 10.0 Å². The lowest BCUT2D eigenvalue weighted by Gasteiger charge is -2.26. The molecule has 0 aliphatic carbocycles. The lowest BCUT2D eigenvalue weighted by Crippen LogP contribution is -2.42. The summed E-state index contributed by atoms with van der Waals surface area (Å²) in [7, 11) is -4.05. The topological polar surface area (TPSA) is 66.5 Å². The fourth-order valence-corrected chi connectivity index (χ4v) is 5.21. The highest BCUT2D eigenvalue weighted by Crippen LogP contribution is 2.27. The van der Waals surface area contributed by atoms with Crippen LogP contribution in [0.4, 0.5) is 5.69 Å². The van der Waals surface area contributed by atoms with Gasteiger partial charge in [-0.15, -0.1) is 0 Å². The summed E-state index contributed by atoms with van der Waals surface area (Å²) in [6.45, 7) is 3.75. The van der Waals surface area contributed by atoms with E-state index in [0.29, 0.717) is 21.7 Å². The fourth-order valence-electron chi connectivity index (χ4n) is 3.49. The van der Waals surface area contributed by atoms with Gasteiger partial charge in [-0.05, 0) is 60.4 Å². The van der Waals surface area contributed by atoms with Crippen LogP contribution in [0, 0.1) is 5.92 Å². The van der Waals surface area contributed by atoms with Gasteiger partial charge in [-0.2, -0.15) is 0 Å². The van der Waals surface area contributed by atoms with E-state index in [1.54, 1.807) is 18.2 Å². The highest BCUT2D eigenvalue weighted by Gasteiger charge is 2.28. The first-order chi connectivity index (χ1) is 15.7. The molecule has 0 heterocycles. The normalized spacial score (nSPS) is 12.4. The summed E-state index contributed by atoms with van der Waals surface area (Å²) in [5, 5.41) is 3.80. The van der Waals surface area contributed by atoms with Crippen LogP contribution in [0.15, 0.2) is 83.8 Å². The molecule has 3 aromatic carbocycles. The summed E-state index contributed by atoms with van der Waals surface area (Å²) in [5.74, 6) is -0.0839. The Kier molecular flexibility index (Phi) is 8.40. The molecular formula is C25H26Cl2N2O3S. The molecule has 174 valence electrons. The maximum Gasteiger partial charge on any atom is 0.264 e. The zero-order chi connectivity index (χ0) is 24.0. The second-order valence-corrected chi connectivity index (χ2v) is 10.8. The molecule has 0 aromatic heterocycles. The molecule has 0 radical (unpaired) electrons. The minimum atomic E-state index is -4.05. The summed E-state index contributed by atoms with van der Waals surface area (Å²) in [6.07, 6.45) is 0.719. The third kappa shape index (κ3) is 6.73. The van der Waals surface area contributed by atoms with E-state index < -0.39 is 22.5 Å². The molecule has 0 saturated carbocycles. The smallest absolute Gasteiger partial charge is 0.264 e. The molecule has 0 saturated heterocycles. The van der Waals surface area contributed by atoms with Crippen molar-refractivity contribution < 1.29 is 13.2 Å². The Labute approximate surface area is 205 Å². The average Bonchev–Trinajstić information content (AvgIpc) is 2.77. The van der Waals surface area contributed by atoms with Crippen LogP contribution in [-0.2, 0) is 14.8 Å². The lowest BCUT2D eigenvalue weighted by molar-refractivity contribution is -0.120. The minimum absolute atomic E-state index is 0.0291. The van der Waals surface area contributed by atoms with Gasteiger partial charge < -0.3 is 5.32 Å². The third-order valence-electron chi connectivity index (χ3n) is 5.03. The van der Waals surface area contributed by atoms with Crippen molar-refractivity contribution in [2.24, 2.45) is 5.92 Å². The number of hydrogen-bond acceptors (Lipinski definition) is 3. The molecule has 3 rings (SSSR count). The molecule has 0 aliphatic rings. The Morgan fingerprint density at radius 1 is 0.909 bits per heavy atom. The van der Waals surface area contributed by atoms with Gasteiger partial charge in [-0.1, -0.05) is 73.4 Å². The zero-order valence-electron chi connectivity index (χ0n) is 18.4. The Balaban J connectivity index is 1.92. The Morgan fingerprint density at radius 2 is 1.58 bits per heavy atom. The maximum atomic E-state index is 13.5. The average molecular weight is 505 g/mol. The van der Waals surface area contributed by atoms with Crippen molar-refractivity contribution >= 4 is 44.8 Å². The fraction of sp³-hybridized carbons (Fsp3) is 0.240. The van der Waals surface area contributed by atoms with Crippen LogP contribution < -0.4 is 9.62 Å². The van der Waals surface area contributed by atoms with Crippen LogP contribution >= 0.6 is 23.2 Å². The zero-order valence-corrected chi connectivity index (χ0v) is 20.7. The van der Waals surface area contributed by atoms with Crippen LogP contribution in [0.3, 0.4) is 0 Å². The number of carbonyl (C=O) groups excluding carboxylic acids is 1. The molecule has 0 aliphatic heterocycles. The molecule has 3 aromatic rings. The largest absolute Gasteiger partial charge is 0.348 e. The molecule has 5 nitrogen and oxygen atoms in total. The molecule has 33 heavy (non-hydrogen) atoms. The standard InChI is InChI=1S/C25H26Cl2N2O3S/c1-18(2)15-24(19-7-4-3-5-8-19)28-25(30)17-29(22-10-6-9-21(27)16-22)33(31,32)23-13-11-20(26)12-14-23/h3-14,16,18,24H,15,17H2,1-2H3,(H,28,30)/t24-/m0/s1. The van der Waals surface area contributed by atoms with Gasteiger partial charge in [-0.3, -0.25) is 9.10 Å². The van der Waals surface area contributed by atoms with E-state index in [9.17, 15) is 13.2 Å². The van der Waals surface area contributed by atoms with E-state index in [-0.39, 0.29) is 10.9 Å². The maximum absolute atomic E-state index is 13.5. The summed E-state index contributed by atoms with van der Waals surface area (Å²) in [4.78, 5) is 13.2. The van der Waals surface area contributed by atoms with Crippen LogP contribution in [0.1, 0.15) is 31.9 Å². The number of rotatable bonds is 9. The Morgan fingerprint density at radius 3 is 2.18 bits per heavy atom. The predicted molar refractivity (Wildman–Crippen MR) is 134 cm³/mol. The van der Waals surface area contributed by atoms with Gasteiger partial charge in [0.25, 0.3) is 10.0 Å². The molecule has 0 spiro atoms. The number of sulfonamides is 1. The van der Waals surface area contributed by atoms with E-state index in [2.05, 4.69) is 19.2 Å². The molecule has 0 fully saturated rings. The van der Waals surface area contributed by atoms with Gasteiger partial charge in [0.2, 0.25) is 5.91 Å². The van der Waals surface area contributed by atoms with Crippen molar-refractivity contribution in [1.82, 2.24) is 5.32 Å². The number of carbonyl (C=O) groups is 1. The van der Waals surface area contributed by atoms with E-state index in [1.165, 1.54) is 30.3 Å². The van der Waals surface area contributed by atoms with Gasteiger partial charge in [0.1, 0.15) is 6.54 Å². The van der Waals surface area contributed by atoms with E-state index >= 15 is 0 Å². The van der Waals surface area contributed by atoms with Crippen molar-refractivity contribution in [3.05, 3.63) is 94.5 Å². The van der Waals surface area contributed by atoms with Crippen molar-refractivity contribution in [3.63, 3.8) is 0 Å². The monoisotopic (exact) mass is 504 g/mol. The minimum Gasteiger partial charge on any atom is -0.348 e. The van der Waals surface area contributed by atoms with Crippen LogP contribution in [0.5, 0.6) is 0 Å². The molecule has 1 atom stereocenters. The molecule has 0 unspecified atom stereocenters. The van der Waals surface area contributed by atoms with E-state index in [4.69, 9.17) is 23.2 Å². The molecule has 1 N–H and O–H groups in total. The highest BCUT2D eigenvalue weighted by molar-refractivity contribution is 7.92. The van der Waals surface area contributed by atoms with Crippen molar-refractivity contribution in [2.45, 2.75) is 31.2 Å². The molecule has 0 bridgehead atoms. The number of amides is 1. The predicted octanol–water partition coefficient (Wildman–Crippen LogP) is 6.09. The lowest BCUT2D eigenvalue weighted by atomic mass is 9.97. The van der Waals surface area contributed by atoms with Crippen LogP contribution in [0.2, 0.25) is 10.0 Å². The van der Waals surface area contributed by atoms with Gasteiger partial charge in [0.05, 0.1) is 16.6 Å². The number of halogens is 2.